The molecule has 1 N–H and O–H groups in total. The van der Waals surface area contributed by atoms with Gasteiger partial charge in [0.25, 0.3) is 0 Å². The van der Waals surface area contributed by atoms with E-state index < -0.39 is 0 Å². The highest BCUT2D eigenvalue weighted by molar-refractivity contribution is 5.56. The Morgan fingerprint density at radius 3 is 2.80 bits per heavy atom. The molecule has 2 aliphatic heterocycles. The van der Waals surface area contributed by atoms with E-state index in [9.17, 15) is 0 Å². The van der Waals surface area contributed by atoms with E-state index >= 15 is 0 Å². The van der Waals surface area contributed by atoms with Gasteiger partial charge in [0.1, 0.15) is 0 Å². The number of nitrogens with one attached hydrogen (secondary N) is 1. The van der Waals surface area contributed by atoms with Crippen molar-refractivity contribution in [3.8, 4) is 0 Å². The molecule has 1 aromatic rings. The molecule has 0 aliphatic carbocycles. The third-order valence-corrected chi connectivity index (χ3v) is 4.48. The van der Waals surface area contributed by atoms with E-state index in [4.69, 9.17) is 4.74 Å². The van der Waals surface area contributed by atoms with Crippen LogP contribution in [0.3, 0.4) is 0 Å². The van der Waals surface area contributed by atoms with Crippen molar-refractivity contribution in [2.75, 3.05) is 25.0 Å². The largest absolute Gasteiger partial charge is 0.384 e. The van der Waals surface area contributed by atoms with Crippen molar-refractivity contribution < 1.29 is 4.74 Å². The summed E-state index contributed by atoms with van der Waals surface area (Å²) in [6.45, 7) is 9.89. The van der Waals surface area contributed by atoms with E-state index in [-0.39, 0.29) is 0 Å². The highest BCUT2D eigenvalue weighted by atomic mass is 16.5. The molecule has 3 heteroatoms. The van der Waals surface area contributed by atoms with Gasteiger partial charge in [0.15, 0.2) is 0 Å². The maximum atomic E-state index is 5.83. The van der Waals surface area contributed by atoms with Crippen molar-refractivity contribution in [1.29, 1.82) is 0 Å². The fourth-order valence-corrected chi connectivity index (χ4v) is 3.53. The molecule has 2 aliphatic rings. The van der Waals surface area contributed by atoms with Gasteiger partial charge in [-0.25, -0.2) is 0 Å². The molecule has 1 saturated heterocycles. The molecule has 20 heavy (non-hydrogen) atoms. The molecule has 0 saturated carbocycles. The molecule has 3 unspecified atom stereocenters. The normalized spacial score (nSPS) is 27.9. The molecule has 1 aromatic carbocycles. The smallest absolute Gasteiger partial charge is 0.0678 e. The van der Waals surface area contributed by atoms with Gasteiger partial charge in [-0.2, -0.15) is 0 Å². The van der Waals surface area contributed by atoms with Crippen LogP contribution in [0.4, 0.5) is 5.69 Å². The van der Waals surface area contributed by atoms with Crippen molar-refractivity contribution in [1.82, 2.24) is 4.90 Å². The van der Waals surface area contributed by atoms with Gasteiger partial charge in [0.2, 0.25) is 0 Å². The number of morpholine rings is 1. The molecule has 0 amide bonds. The zero-order valence-electron chi connectivity index (χ0n) is 12.9. The van der Waals surface area contributed by atoms with Crippen LogP contribution in [0.25, 0.3) is 0 Å². The van der Waals surface area contributed by atoms with Gasteiger partial charge < -0.3 is 10.1 Å². The van der Waals surface area contributed by atoms with E-state index in [2.05, 4.69) is 49.2 Å². The fourth-order valence-electron chi connectivity index (χ4n) is 3.53. The number of benzene rings is 1. The average molecular weight is 274 g/mol. The molecule has 0 aromatic heterocycles. The van der Waals surface area contributed by atoms with Gasteiger partial charge in [-0.1, -0.05) is 12.1 Å². The lowest BCUT2D eigenvalue weighted by atomic mass is 10.0. The first-order chi connectivity index (χ1) is 9.61. The molecular formula is C17H26N2O. The zero-order valence-corrected chi connectivity index (χ0v) is 12.9. The number of hydrogen-bond acceptors (Lipinski definition) is 3. The molecular weight excluding hydrogens is 248 g/mol. The zero-order chi connectivity index (χ0) is 14.1. The van der Waals surface area contributed by atoms with Crippen molar-refractivity contribution in [2.45, 2.75) is 51.9 Å². The Bertz CT molecular complexity index is 464. The highest BCUT2D eigenvalue weighted by Gasteiger charge is 2.25. The summed E-state index contributed by atoms with van der Waals surface area (Å²) < 4.78 is 5.83. The topological polar surface area (TPSA) is 24.5 Å². The molecule has 3 rings (SSSR count). The van der Waals surface area contributed by atoms with Crippen molar-refractivity contribution in [2.24, 2.45) is 0 Å². The van der Waals surface area contributed by atoms with Gasteiger partial charge >= 0.3 is 0 Å². The van der Waals surface area contributed by atoms with Crippen molar-refractivity contribution >= 4 is 5.69 Å². The van der Waals surface area contributed by atoms with Gasteiger partial charge in [-0.15, -0.1) is 0 Å². The second-order valence-corrected chi connectivity index (χ2v) is 6.43. The van der Waals surface area contributed by atoms with Crippen LogP contribution in [-0.2, 0) is 17.6 Å². The monoisotopic (exact) mass is 274 g/mol. The third kappa shape index (κ3) is 2.99. The molecule has 0 bridgehead atoms. The molecule has 3 nitrogen and oxygen atoms in total. The maximum Gasteiger partial charge on any atom is 0.0678 e. The second kappa shape index (κ2) is 5.74. The van der Waals surface area contributed by atoms with Gasteiger partial charge in [-0.05, 0) is 50.8 Å². The van der Waals surface area contributed by atoms with Crippen LogP contribution in [0.15, 0.2) is 18.2 Å². The van der Waals surface area contributed by atoms with Gasteiger partial charge in [0.05, 0.1) is 12.2 Å². The summed E-state index contributed by atoms with van der Waals surface area (Å²) in [5.74, 6) is 0. The van der Waals surface area contributed by atoms with Crippen LogP contribution in [-0.4, -0.2) is 42.8 Å². The number of fused-ring (bicyclic) bond motifs is 1. The molecule has 3 atom stereocenters. The number of ether oxygens (including phenoxy) is 1. The average Bonchev–Trinajstić information content (AvgIpc) is 2.85. The van der Waals surface area contributed by atoms with E-state index in [0.717, 1.165) is 26.1 Å². The van der Waals surface area contributed by atoms with Crippen LogP contribution in [0.5, 0.6) is 0 Å². The highest BCUT2D eigenvalue weighted by Crippen LogP contribution is 2.24. The molecule has 110 valence electrons. The number of anilines is 1. The molecule has 2 heterocycles. The standard InChI is InChI=1S/C17H26N2O/c1-12(19-10-13(2)20-14(3)11-19)8-15-4-5-17-16(9-15)6-7-18-17/h4-5,9,12-14,18H,6-8,10-11H2,1-3H3. The van der Waals surface area contributed by atoms with E-state index in [1.165, 1.54) is 23.2 Å². The third-order valence-electron chi connectivity index (χ3n) is 4.48. The van der Waals surface area contributed by atoms with Crippen LogP contribution in [0, 0.1) is 0 Å². The van der Waals surface area contributed by atoms with Crippen LogP contribution in [0.1, 0.15) is 31.9 Å². The number of rotatable bonds is 3. The summed E-state index contributed by atoms with van der Waals surface area (Å²) in [5, 5.41) is 3.43. The summed E-state index contributed by atoms with van der Waals surface area (Å²) >= 11 is 0. The summed E-state index contributed by atoms with van der Waals surface area (Å²) in [5.41, 5.74) is 4.28. The Labute approximate surface area is 122 Å². The summed E-state index contributed by atoms with van der Waals surface area (Å²) in [6, 6.07) is 7.49. The van der Waals surface area contributed by atoms with E-state index in [0.29, 0.717) is 18.2 Å². The van der Waals surface area contributed by atoms with Crippen LogP contribution < -0.4 is 5.32 Å². The molecule has 0 spiro atoms. The fraction of sp³-hybridized carbons (Fsp3) is 0.647. The maximum absolute atomic E-state index is 5.83. The molecule has 0 radical (unpaired) electrons. The minimum absolute atomic E-state index is 0.352. The molecule has 1 fully saturated rings. The minimum Gasteiger partial charge on any atom is -0.384 e. The Morgan fingerprint density at radius 1 is 1.30 bits per heavy atom. The first-order valence-corrected chi connectivity index (χ1v) is 7.87. The van der Waals surface area contributed by atoms with Crippen molar-refractivity contribution in [3.63, 3.8) is 0 Å². The SMILES string of the molecule is CC1CN(C(C)Cc2ccc3c(c2)CCN3)CC(C)O1. The van der Waals surface area contributed by atoms with Crippen molar-refractivity contribution in [3.05, 3.63) is 29.3 Å². The predicted molar refractivity (Wildman–Crippen MR) is 83.4 cm³/mol. The number of hydrogen-bond donors (Lipinski definition) is 1. The summed E-state index contributed by atoms with van der Waals surface area (Å²) in [4.78, 5) is 2.57. The Morgan fingerprint density at radius 2 is 2.05 bits per heavy atom. The van der Waals surface area contributed by atoms with E-state index in [1.807, 2.05) is 0 Å². The van der Waals surface area contributed by atoms with Gasteiger partial charge in [0, 0.05) is 31.4 Å². The Kier molecular flexibility index (Phi) is 3.99. The van der Waals surface area contributed by atoms with Crippen LogP contribution in [0.2, 0.25) is 0 Å². The quantitative estimate of drug-likeness (QED) is 0.917. The van der Waals surface area contributed by atoms with Crippen LogP contribution >= 0.6 is 0 Å². The van der Waals surface area contributed by atoms with Gasteiger partial charge in [-0.3, -0.25) is 4.90 Å². The lowest BCUT2D eigenvalue weighted by Crippen LogP contribution is -2.49. The summed E-state index contributed by atoms with van der Waals surface area (Å²) in [7, 11) is 0. The number of nitrogens with zero attached hydrogens (tertiary/aromatic N) is 1. The summed E-state index contributed by atoms with van der Waals surface area (Å²) in [6.07, 6.45) is 3.01. The lowest BCUT2D eigenvalue weighted by Gasteiger charge is -2.39. The first-order valence-electron chi connectivity index (χ1n) is 7.87. The lowest BCUT2D eigenvalue weighted by molar-refractivity contribution is -0.0782. The first kappa shape index (κ1) is 13.9. The Balaban J connectivity index is 1.65. The Hall–Kier alpha value is -1.06. The second-order valence-electron chi connectivity index (χ2n) is 6.43. The van der Waals surface area contributed by atoms with E-state index in [1.54, 1.807) is 0 Å². The predicted octanol–water partition coefficient (Wildman–Crippen LogP) is 2.69. The minimum atomic E-state index is 0.352.